The molecule has 3 heterocycles. The van der Waals surface area contributed by atoms with E-state index in [0.717, 1.165) is 5.56 Å². The van der Waals surface area contributed by atoms with Crippen molar-refractivity contribution in [2.75, 3.05) is 39.6 Å². The Morgan fingerprint density at radius 2 is 1.77 bits per heavy atom. The monoisotopic (exact) mass is 420 g/mol. The van der Waals surface area contributed by atoms with Crippen LogP contribution in [0.25, 0.3) is 6.08 Å². The van der Waals surface area contributed by atoms with Crippen LogP contribution >= 0.6 is 0 Å². The highest BCUT2D eigenvalue weighted by atomic mass is 16.7. The molecule has 31 heavy (non-hydrogen) atoms. The Hall–Kier alpha value is -3.32. The summed E-state index contributed by atoms with van der Waals surface area (Å²) >= 11 is 0. The zero-order valence-electron chi connectivity index (χ0n) is 17.1. The first-order valence-corrected chi connectivity index (χ1v) is 10.4. The molecule has 7 heteroatoms. The third-order valence-electron chi connectivity index (χ3n) is 6.51. The van der Waals surface area contributed by atoms with Crippen LogP contribution in [0.5, 0.6) is 11.5 Å². The number of ether oxygens (including phenoxy) is 2. The molecule has 3 aliphatic rings. The van der Waals surface area contributed by atoms with Crippen molar-refractivity contribution in [2.24, 2.45) is 11.3 Å². The van der Waals surface area contributed by atoms with Gasteiger partial charge in [0.1, 0.15) is 0 Å². The van der Waals surface area contributed by atoms with E-state index in [-0.39, 0.29) is 31.1 Å². The fraction of sp³-hybridized carbons (Fsp3) is 0.333. The maximum atomic E-state index is 13.1. The molecule has 0 aliphatic carbocycles. The number of hydrogen-bond donors (Lipinski definition) is 1. The van der Waals surface area contributed by atoms with E-state index < -0.39 is 5.41 Å². The number of fused-ring (bicyclic) bond motifs is 2. The van der Waals surface area contributed by atoms with Crippen LogP contribution in [-0.2, 0) is 4.79 Å². The molecule has 2 atom stereocenters. The van der Waals surface area contributed by atoms with Gasteiger partial charge < -0.3 is 24.4 Å². The summed E-state index contributed by atoms with van der Waals surface area (Å²) in [4.78, 5) is 29.3. The normalized spacial score (nSPS) is 24.1. The zero-order valence-corrected chi connectivity index (χ0v) is 17.1. The summed E-state index contributed by atoms with van der Waals surface area (Å²) in [5.41, 5.74) is 1.02. The van der Waals surface area contributed by atoms with Crippen LogP contribution in [0.2, 0.25) is 0 Å². The van der Waals surface area contributed by atoms with Crippen LogP contribution in [0.1, 0.15) is 15.9 Å². The minimum Gasteiger partial charge on any atom is -0.454 e. The quantitative estimate of drug-likeness (QED) is 0.766. The second-order valence-electron chi connectivity index (χ2n) is 8.43. The molecule has 2 amide bonds. The van der Waals surface area contributed by atoms with Crippen LogP contribution in [0.15, 0.2) is 54.6 Å². The standard InChI is InChI=1S/C24H24N2O5/c27-15-24-13-25(22(28)9-6-17-4-2-1-3-5-17)11-19(24)12-26(14-24)23(29)18-7-8-20-21(10-18)31-16-30-20/h1-10,19,27H,11-16H2/t19-,24+/m0/s1. The Balaban J connectivity index is 1.26. The largest absolute Gasteiger partial charge is 0.454 e. The molecule has 0 radical (unpaired) electrons. The Morgan fingerprint density at radius 3 is 2.55 bits per heavy atom. The second kappa shape index (κ2) is 7.74. The summed E-state index contributed by atoms with van der Waals surface area (Å²) in [6, 6.07) is 14.9. The molecule has 160 valence electrons. The maximum Gasteiger partial charge on any atom is 0.254 e. The van der Waals surface area contributed by atoms with Crippen LogP contribution < -0.4 is 9.47 Å². The lowest BCUT2D eigenvalue weighted by molar-refractivity contribution is -0.125. The van der Waals surface area contributed by atoms with Crippen molar-refractivity contribution in [1.82, 2.24) is 9.80 Å². The molecule has 2 fully saturated rings. The highest BCUT2D eigenvalue weighted by molar-refractivity contribution is 5.95. The van der Waals surface area contributed by atoms with Crippen LogP contribution in [-0.4, -0.2) is 66.3 Å². The van der Waals surface area contributed by atoms with E-state index in [1.165, 1.54) is 0 Å². The summed E-state index contributed by atoms with van der Waals surface area (Å²) in [7, 11) is 0. The highest BCUT2D eigenvalue weighted by Crippen LogP contribution is 2.43. The fourth-order valence-corrected chi connectivity index (χ4v) is 4.78. The van der Waals surface area contributed by atoms with Gasteiger partial charge in [-0.25, -0.2) is 0 Å². The van der Waals surface area contributed by atoms with Crippen LogP contribution in [0.3, 0.4) is 0 Å². The number of aliphatic hydroxyl groups is 1. The molecule has 2 aromatic carbocycles. The second-order valence-corrected chi connectivity index (χ2v) is 8.43. The Labute approximate surface area is 180 Å². The van der Waals surface area contributed by atoms with Crippen molar-refractivity contribution in [3.05, 3.63) is 65.7 Å². The van der Waals surface area contributed by atoms with E-state index in [1.54, 1.807) is 40.2 Å². The smallest absolute Gasteiger partial charge is 0.254 e. The molecule has 2 aromatic rings. The van der Waals surface area contributed by atoms with E-state index >= 15 is 0 Å². The Kier molecular flexibility index (Phi) is 4.90. The van der Waals surface area contributed by atoms with E-state index in [0.29, 0.717) is 43.2 Å². The number of nitrogens with zero attached hydrogens (tertiary/aromatic N) is 2. The summed E-state index contributed by atoms with van der Waals surface area (Å²) in [5.74, 6) is 1.09. The number of carbonyl (C=O) groups is 2. The predicted octanol–water partition coefficient (Wildman–Crippen LogP) is 2.02. The molecular weight excluding hydrogens is 396 g/mol. The van der Waals surface area contributed by atoms with Crippen molar-refractivity contribution >= 4 is 17.9 Å². The van der Waals surface area contributed by atoms with Crippen molar-refractivity contribution in [3.63, 3.8) is 0 Å². The molecule has 1 N–H and O–H groups in total. The molecule has 3 aliphatic heterocycles. The van der Waals surface area contributed by atoms with E-state index in [2.05, 4.69) is 0 Å². The molecule has 7 nitrogen and oxygen atoms in total. The number of likely N-dealkylation sites (tertiary alicyclic amines) is 2. The van der Waals surface area contributed by atoms with E-state index in [1.807, 2.05) is 30.3 Å². The van der Waals surface area contributed by atoms with Gasteiger partial charge in [-0.1, -0.05) is 30.3 Å². The lowest BCUT2D eigenvalue weighted by Crippen LogP contribution is -2.40. The average molecular weight is 420 g/mol. The SMILES string of the molecule is O=C(C=Cc1ccccc1)N1C[C@H]2CN(C(=O)c3ccc4c(c3)OCO4)C[C@@]2(CO)C1. The summed E-state index contributed by atoms with van der Waals surface area (Å²) in [6.07, 6.45) is 3.38. The van der Waals surface area contributed by atoms with Crippen molar-refractivity contribution in [1.29, 1.82) is 0 Å². The van der Waals surface area contributed by atoms with E-state index in [9.17, 15) is 14.7 Å². The summed E-state index contributed by atoms with van der Waals surface area (Å²) in [5, 5.41) is 10.2. The first kappa shape index (κ1) is 19.6. The third-order valence-corrected chi connectivity index (χ3v) is 6.51. The molecule has 0 bridgehead atoms. The van der Waals surface area contributed by atoms with Crippen molar-refractivity contribution in [3.8, 4) is 11.5 Å². The topological polar surface area (TPSA) is 79.3 Å². The number of benzene rings is 2. The molecule has 0 unspecified atom stereocenters. The summed E-state index contributed by atoms with van der Waals surface area (Å²) in [6.45, 7) is 2.01. The van der Waals surface area contributed by atoms with Crippen molar-refractivity contribution < 1.29 is 24.2 Å². The minimum absolute atomic E-state index is 0.0459. The summed E-state index contributed by atoms with van der Waals surface area (Å²) < 4.78 is 10.7. The molecule has 0 saturated carbocycles. The van der Waals surface area contributed by atoms with Crippen molar-refractivity contribution in [2.45, 2.75) is 0 Å². The van der Waals surface area contributed by atoms with Gasteiger partial charge in [-0.3, -0.25) is 9.59 Å². The molecule has 5 rings (SSSR count). The van der Waals surface area contributed by atoms with Gasteiger partial charge in [0.15, 0.2) is 11.5 Å². The van der Waals surface area contributed by atoms with Gasteiger partial charge in [0.25, 0.3) is 5.91 Å². The molecular formula is C24H24N2O5. The number of amides is 2. The third kappa shape index (κ3) is 3.55. The highest BCUT2D eigenvalue weighted by Gasteiger charge is 2.54. The van der Waals surface area contributed by atoms with Gasteiger partial charge in [0, 0.05) is 49.2 Å². The van der Waals surface area contributed by atoms with Crippen LogP contribution in [0, 0.1) is 11.3 Å². The molecule has 0 spiro atoms. The number of rotatable bonds is 4. The lowest BCUT2D eigenvalue weighted by Gasteiger charge is -2.27. The van der Waals surface area contributed by atoms with Gasteiger partial charge >= 0.3 is 0 Å². The first-order valence-electron chi connectivity index (χ1n) is 10.4. The van der Waals surface area contributed by atoms with Crippen LogP contribution in [0.4, 0.5) is 0 Å². The Bertz CT molecular complexity index is 1040. The van der Waals surface area contributed by atoms with E-state index in [4.69, 9.17) is 9.47 Å². The zero-order chi connectivity index (χ0) is 21.4. The molecule has 0 aromatic heterocycles. The van der Waals surface area contributed by atoms with Gasteiger partial charge in [-0.05, 0) is 29.8 Å². The number of hydrogen-bond acceptors (Lipinski definition) is 5. The van der Waals surface area contributed by atoms with Gasteiger partial charge in [-0.15, -0.1) is 0 Å². The lowest BCUT2D eigenvalue weighted by atomic mass is 9.82. The average Bonchev–Trinajstić information content (AvgIpc) is 3.49. The van der Waals surface area contributed by atoms with Gasteiger partial charge in [0.2, 0.25) is 12.7 Å². The Morgan fingerprint density at radius 1 is 1.03 bits per heavy atom. The van der Waals surface area contributed by atoms with Gasteiger partial charge in [0.05, 0.1) is 6.61 Å². The van der Waals surface area contributed by atoms with Gasteiger partial charge in [-0.2, -0.15) is 0 Å². The first-order chi connectivity index (χ1) is 15.1. The number of carbonyl (C=O) groups excluding carboxylic acids is 2. The molecule has 2 saturated heterocycles. The minimum atomic E-state index is -0.484. The fourth-order valence-electron chi connectivity index (χ4n) is 4.78. The maximum absolute atomic E-state index is 13.1. The predicted molar refractivity (Wildman–Crippen MR) is 114 cm³/mol. The number of aliphatic hydroxyl groups excluding tert-OH is 1.